The Hall–Kier alpha value is -4.17. The number of pyridine rings is 2. The quantitative estimate of drug-likeness (QED) is 0.342. The maximum atomic E-state index is 9.73. The third-order valence-corrected chi connectivity index (χ3v) is 6.54. The lowest BCUT2D eigenvalue weighted by molar-refractivity contribution is 0.397. The van der Waals surface area contributed by atoms with Gasteiger partial charge in [0.15, 0.2) is 0 Å². The summed E-state index contributed by atoms with van der Waals surface area (Å²) in [6.45, 7) is 2.87. The van der Waals surface area contributed by atoms with Gasteiger partial charge in [0.25, 0.3) is 0 Å². The third kappa shape index (κ3) is 4.23. The van der Waals surface area contributed by atoms with Crippen molar-refractivity contribution in [3.63, 3.8) is 0 Å². The van der Waals surface area contributed by atoms with E-state index in [1.807, 2.05) is 50.6 Å². The number of hydrogen-bond acceptors (Lipinski definition) is 6. The van der Waals surface area contributed by atoms with E-state index in [9.17, 15) is 5.26 Å². The van der Waals surface area contributed by atoms with E-state index in [4.69, 9.17) is 0 Å². The molecule has 0 radical (unpaired) electrons. The van der Waals surface area contributed by atoms with Crippen LogP contribution in [0.15, 0.2) is 55.0 Å². The van der Waals surface area contributed by atoms with Crippen LogP contribution < -0.4 is 5.32 Å². The molecule has 0 aliphatic rings. The van der Waals surface area contributed by atoms with Gasteiger partial charge in [-0.3, -0.25) is 4.98 Å². The summed E-state index contributed by atoms with van der Waals surface area (Å²) in [7, 11) is 4.04. The highest BCUT2D eigenvalue weighted by Gasteiger charge is 2.14. The first-order valence-electron chi connectivity index (χ1n) is 10.8. The van der Waals surface area contributed by atoms with Gasteiger partial charge in [-0.05, 0) is 63.0 Å². The van der Waals surface area contributed by atoms with Crippen LogP contribution in [0, 0.1) is 30.1 Å². The number of fused-ring (bicyclic) bond motifs is 2. The minimum atomic E-state index is 0.499. The maximum Gasteiger partial charge on any atom is 0.126 e. The number of H-pyrrole nitrogens is 1. The molecule has 0 saturated carbocycles. The normalized spacial score (nSPS) is 10.9. The Morgan fingerprint density at radius 2 is 1.94 bits per heavy atom. The standard InChI is InChI=1S/C27H22N6S/c1-17-22-10-11-29-25(22)9-8-24(17)32-26-19(13-28)15-31-27-23(26)12-21(34-27)7-5-18-4-6-20(30-14-18)16-33(2)3/h4,6,8-12,14-15,29H,16H2,1-3H3,(H,31,32). The van der Waals surface area contributed by atoms with Gasteiger partial charge in [-0.25, -0.2) is 4.98 Å². The molecule has 0 unspecified atom stereocenters. The zero-order valence-electron chi connectivity index (χ0n) is 19.1. The third-order valence-electron chi connectivity index (χ3n) is 5.58. The van der Waals surface area contributed by atoms with Crippen molar-refractivity contribution >= 4 is 43.8 Å². The second-order valence-electron chi connectivity index (χ2n) is 8.32. The van der Waals surface area contributed by atoms with Gasteiger partial charge in [-0.2, -0.15) is 5.26 Å². The smallest absolute Gasteiger partial charge is 0.126 e. The van der Waals surface area contributed by atoms with Crippen LogP contribution in [0.3, 0.4) is 0 Å². The Kier molecular flexibility index (Phi) is 5.73. The van der Waals surface area contributed by atoms with Crippen LogP contribution in [0.1, 0.15) is 27.3 Å². The number of nitrogens with one attached hydrogen (secondary N) is 2. The van der Waals surface area contributed by atoms with Crippen LogP contribution in [0.2, 0.25) is 0 Å². The summed E-state index contributed by atoms with van der Waals surface area (Å²) in [6, 6.07) is 14.4. The first-order valence-corrected chi connectivity index (χ1v) is 11.6. The number of nitriles is 1. The molecule has 4 aromatic heterocycles. The van der Waals surface area contributed by atoms with Crippen molar-refractivity contribution in [1.82, 2.24) is 19.9 Å². The van der Waals surface area contributed by atoms with E-state index >= 15 is 0 Å². The highest BCUT2D eigenvalue weighted by atomic mass is 32.1. The van der Waals surface area contributed by atoms with Crippen molar-refractivity contribution in [2.45, 2.75) is 13.5 Å². The van der Waals surface area contributed by atoms with Crippen LogP contribution in [0.5, 0.6) is 0 Å². The maximum absolute atomic E-state index is 9.73. The first kappa shape index (κ1) is 21.7. The summed E-state index contributed by atoms with van der Waals surface area (Å²) in [5.74, 6) is 6.43. The largest absolute Gasteiger partial charge is 0.361 e. The Morgan fingerprint density at radius 1 is 1.06 bits per heavy atom. The molecular weight excluding hydrogens is 440 g/mol. The Morgan fingerprint density at radius 3 is 2.71 bits per heavy atom. The Balaban J connectivity index is 1.49. The van der Waals surface area contributed by atoms with Gasteiger partial charge >= 0.3 is 0 Å². The van der Waals surface area contributed by atoms with E-state index in [1.54, 1.807) is 12.4 Å². The summed E-state index contributed by atoms with van der Waals surface area (Å²) in [4.78, 5) is 16.0. The molecular formula is C27H22N6S. The van der Waals surface area contributed by atoms with Crippen molar-refractivity contribution in [2.75, 3.05) is 19.4 Å². The minimum absolute atomic E-state index is 0.499. The number of aryl methyl sites for hydroxylation is 1. The molecule has 4 heterocycles. The molecule has 1 aromatic carbocycles. The lowest BCUT2D eigenvalue weighted by Gasteiger charge is -2.12. The van der Waals surface area contributed by atoms with Gasteiger partial charge in [0.1, 0.15) is 10.9 Å². The van der Waals surface area contributed by atoms with E-state index in [2.05, 4.69) is 56.1 Å². The molecule has 0 aliphatic heterocycles. The van der Waals surface area contributed by atoms with Gasteiger partial charge in [-0.15, -0.1) is 11.3 Å². The molecule has 7 heteroatoms. The van der Waals surface area contributed by atoms with E-state index in [-0.39, 0.29) is 0 Å². The fraction of sp³-hybridized carbons (Fsp3) is 0.148. The fourth-order valence-electron chi connectivity index (χ4n) is 3.87. The average Bonchev–Trinajstić information content (AvgIpc) is 3.47. The fourth-order valence-corrected chi connectivity index (χ4v) is 4.74. The average molecular weight is 463 g/mol. The topological polar surface area (TPSA) is 80.6 Å². The number of anilines is 2. The van der Waals surface area contributed by atoms with Gasteiger partial charge in [0.05, 0.1) is 21.8 Å². The molecule has 0 spiro atoms. The monoisotopic (exact) mass is 462 g/mol. The number of aromatic amines is 1. The Labute approximate surface area is 201 Å². The highest BCUT2D eigenvalue weighted by molar-refractivity contribution is 7.19. The van der Waals surface area contributed by atoms with Crippen LogP contribution >= 0.6 is 11.3 Å². The van der Waals surface area contributed by atoms with Crippen LogP contribution in [0.4, 0.5) is 11.4 Å². The van der Waals surface area contributed by atoms with Crippen molar-refractivity contribution in [2.24, 2.45) is 0 Å². The van der Waals surface area contributed by atoms with E-state index in [1.165, 1.54) is 11.3 Å². The second-order valence-corrected chi connectivity index (χ2v) is 9.35. The van der Waals surface area contributed by atoms with Crippen molar-refractivity contribution in [1.29, 1.82) is 5.26 Å². The molecule has 6 nitrogen and oxygen atoms in total. The molecule has 0 atom stereocenters. The molecule has 0 amide bonds. The van der Waals surface area contributed by atoms with Crippen molar-refractivity contribution in [3.05, 3.63) is 82.3 Å². The number of hydrogen-bond donors (Lipinski definition) is 2. The van der Waals surface area contributed by atoms with E-state index in [0.717, 1.165) is 60.7 Å². The predicted molar refractivity (Wildman–Crippen MR) is 138 cm³/mol. The summed E-state index contributed by atoms with van der Waals surface area (Å²) in [5.41, 5.74) is 6.28. The predicted octanol–water partition coefficient (Wildman–Crippen LogP) is 5.56. The SMILES string of the molecule is Cc1c(Nc2c(C#N)cnc3sc(C#Cc4ccc(CN(C)C)nc4)cc23)ccc2[nH]ccc12. The lowest BCUT2D eigenvalue weighted by Crippen LogP contribution is -2.11. The number of nitrogens with zero attached hydrogens (tertiary/aromatic N) is 4. The Bertz CT molecular complexity index is 1610. The van der Waals surface area contributed by atoms with Gasteiger partial charge in [0.2, 0.25) is 0 Å². The van der Waals surface area contributed by atoms with E-state index < -0.39 is 0 Å². The molecule has 5 rings (SSSR count). The van der Waals surface area contributed by atoms with Crippen molar-refractivity contribution < 1.29 is 0 Å². The van der Waals surface area contributed by atoms with Gasteiger partial charge < -0.3 is 15.2 Å². The minimum Gasteiger partial charge on any atom is -0.361 e. The van der Waals surface area contributed by atoms with Crippen LogP contribution in [0.25, 0.3) is 21.1 Å². The molecule has 166 valence electrons. The van der Waals surface area contributed by atoms with Crippen LogP contribution in [-0.2, 0) is 6.54 Å². The molecule has 34 heavy (non-hydrogen) atoms. The molecule has 0 fully saturated rings. The van der Waals surface area contributed by atoms with Gasteiger partial charge in [-0.1, -0.05) is 11.8 Å². The summed E-state index contributed by atoms with van der Waals surface area (Å²) in [5, 5.41) is 15.3. The number of thiophene rings is 1. The molecule has 0 aliphatic carbocycles. The molecule has 0 bridgehead atoms. The summed E-state index contributed by atoms with van der Waals surface area (Å²) >= 11 is 1.51. The van der Waals surface area contributed by atoms with Crippen molar-refractivity contribution in [3.8, 4) is 17.9 Å². The van der Waals surface area contributed by atoms with Gasteiger partial charge in [0, 0.05) is 52.7 Å². The zero-order chi connectivity index (χ0) is 23.7. The van der Waals surface area contributed by atoms with E-state index in [0.29, 0.717) is 5.56 Å². The number of rotatable bonds is 4. The summed E-state index contributed by atoms with van der Waals surface area (Å²) < 4.78 is 0. The summed E-state index contributed by atoms with van der Waals surface area (Å²) in [6.07, 6.45) is 5.36. The van der Waals surface area contributed by atoms with Crippen LogP contribution in [-0.4, -0.2) is 33.9 Å². The first-order chi connectivity index (χ1) is 16.5. The number of benzene rings is 1. The molecule has 5 aromatic rings. The second kappa shape index (κ2) is 8.99. The molecule has 2 N–H and O–H groups in total. The highest BCUT2D eigenvalue weighted by Crippen LogP contribution is 2.35. The zero-order valence-corrected chi connectivity index (χ0v) is 19.9. The molecule has 0 saturated heterocycles. The number of aromatic nitrogens is 3. The lowest BCUT2D eigenvalue weighted by atomic mass is 10.1.